The highest BCUT2D eigenvalue weighted by atomic mass is 16.4. The highest BCUT2D eigenvalue weighted by molar-refractivity contribution is 5.72. The molecular weight excluding hydrogens is 500 g/mol. The van der Waals surface area contributed by atoms with Crippen molar-refractivity contribution in [3.8, 4) is 0 Å². The number of aliphatic hydroxyl groups excluding tert-OH is 2. The van der Waals surface area contributed by atoms with E-state index < -0.39 is 11.4 Å². The minimum atomic E-state index is -0.757. The zero-order valence-corrected chi connectivity index (χ0v) is 26.3. The maximum absolute atomic E-state index is 11.6. The van der Waals surface area contributed by atoms with E-state index in [9.17, 15) is 15.0 Å². The average molecular weight is 561 g/mol. The second-order valence-electron chi connectivity index (χ2n) is 16.3. The summed E-state index contributed by atoms with van der Waals surface area (Å²) in [6, 6.07) is 0.785. The average Bonchev–Trinajstić information content (AvgIpc) is 3.20. The summed E-state index contributed by atoms with van der Waals surface area (Å²) in [5, 5.41) is 31.1. The molecule has 0 aromatic carbocycles. The molecule has 0 unspecified atom stereocenters. The first kappa shape index (κ1) is 30.8. The van der Waals surface area contributed by atoms with E-state index in [1.54, 1.807) is 20.8 Å². The first-order valence-corrected chi connectivity index (χ1v) is 16.9. The predicted octanol–water partition coefficient (Wildman–Crippen LogP) is 5.80. The van der Waals surface area contributed by atoms with Gasteiger partial charge in [-0.1, -0.05) is 26.7 Å². The number of hydrogen-bond donors (Lipinski definition) is 3. The molecule has 6 fully saturated rings. The van der Waals surface area contributed by atoms with E-state index >= 15 is 0 Å². The van der Waals surface area contributed by atoms with E-state index in [4.69, 9.17) is 5.11 Å². The quantitative estimate of drug-likeness (QED) is 0.396. The fourth-order valence-corrected chi connectivity index (χ4v) is 10.5. The van der Waals surface area contributed by atoms with Gasteiger partial charge >= 0.3 is 5.97 Å². The summed E-state index contributed by atoms with van der Waals surface area (Å²) in [4.78, 5) is 15.4. The first-order chi connectivity index (χ1) is 18.9. The smallest absolute Gasteiger partial charge is 0.308 e. The topological polar surface area (TPSA) is 84.2 Å². The fraction of sp³-hybridized carbons (Fsp3) is 0.971. The third kappa shape index (κ3) is 5.65. The summed E-state index contributed by atoms with van der Waals surface area (Å²) >= 11 is 0. The van der Waals surface area contributed by atoms with Crippen molar-refractivity contribution in [1.82, 2.24) is 9.80 Å². The highest BCUT2D eigenvalue weighted by Crippen LogP contribution is 2.66. The fourth-order valence-electron chi connectivity index (χ4n) is 10.5. The van der Waals surface area contributed by atoms with Crippen LogP contribution in [0.2, 0.25) is 0 Å². The van der Waals surface area contributed by atoms with Crippen LogP contribution in [-0.4, -0.2) is 81.6 Å². The Morgan fingerprint density at radius 2 is 1.30 bits per heavy atom. The Bertz CT molecular complexity index is 878. The van der Waals surface area contributed by atoms with Gasteiger partial charge in [0.2, 0.25) is 0 Å². The zero-order chi connectivity index (χ0) is 28.9. The van der Waals surface area contributed by atoms with E-state index in [-0.39, 0.29) is 17.6 Å². The van der Waals surface area contributed by atoms with E-state index in [2.05, 4.69) is 23.6 Å². The number of hydrogen-bond acceptors (Lipinski definition) is 5. The van der Waals surface area contributed by atoms with Gasteiger partial charge in [0.15, 0.2) is 0 Å². The second kappa shape index (κ2) is 11.8. The van der Waals surface area contributed by atoms with Gasteiger partial charge in [-0.3, -0.25) is 14.6 Å². The van der Waals surface area contributed by atoms with Crippen molar-refractivity contribution >= 4 is 5.97 Å². The minimum Gasteiger partial charge on any atom is -0.481 e. The molecule has 6 rings (SSSR count). The van der Waals surface area contributed by atoms with Crippen LogP contribution in [0.15, 0.2) is 0 Å². The van der Waals surface area contributed by atoms with Crippen LogP contribution < -0.4 is 0 Å². The molecule has 0 amide bonds. The number of aliphatic hydroxyl groups is 2. The van der Waals surface area contributed by atoms with Crippen molar-refractivity contribution in [2.24, 2.45) is 39.9 Å². The van der Waals surface area contributed by atoms with Gasteiger partial charge in [0.1, 0.15) is 0 Å². The van der Waals surface area contributed by atoms with Gasteiger partial charge in [0, 0.05) is 12.1 Å². The number of piperidine rings is 2. The van der Waals surface area contributed by atoms with Gasteiger partial charge in [0.25, 0.3) is 0 Å². The Hall–Kier alpha value is -0.690. The minimum absolute atomic E-state index is 0.118. The van der Waals surface area contributed by atoms with Gasteiger partial charge < -0.3 is 15.3 Å². The predicted molar refractivity (Wildman–Crippen MR) is 160 cm³/mol. The van der Waals surface area contributed by atoms with E-state index in [0.29, 0.717) is 29.3 Å². The highest BCUT2D eigenvalue weighted by Gasteiger charge is 2.63. The number of carboxylic acid groups (broad SMARTS) is 1. The maximum atomic E-state index is 11.6. The maximum Gasteiger partial charge on any atom is 0.308 e. The summed E-state index contributed by atoms with van der Waals surface area (Å²) in [6.45, 7) is 14.9. The molecule has 4 saturated carbocycles. The molecule has 2 saturated heterocycles. The van der Waals surface area contributed by atoms with Crippen LogP contribution in [0.4, 0.5) is 0 Å². The molecule has 6 nitrogen and oxygen atoms in total. The SMILES string of the molecule is CC(C)(C)C(=O)O.C[C@]12C[C@H](N3CCCCC3)[C@@H](O)C[C@@H]1CC[C@@H]1[C@@H]2CC[C@]2(C)[C@@H](O)[C@@H](N3CCCCC3)C[C@@H]12. The molecule has 10 atom stereocenters. The molecule has 40 heavy (non-hydrogen) atoms. The van der Waals surface area contributed by atoms with Crippen LogP contribution >= 0.6 is 0 Å². The summed E-state index contributed by atoms with van der Waals surface area (Å²) in [5.41, 5.74) is -0.0906. The molecule has 0 radical (unpaired) electrons. The number of carboxylic acids is 1. The molecule has 0 bridgehead atoms. The third-order valence-corrected chi connectivity index (χ3v) is 13.0. The third-order valence-electron chi connectivity index (χ3n) is 13.0. The summed E-state index contributed by atoms with van der Waals surface area (Å²) in [5.74, 6) is 2.21. The number of fused-ring (bicyclic) bond motifs is 5. The van der Waals surface area contributed by atoms with E-state index in [1.807, 2.05) is 0 Å². The molecule has 6 aliphatic rings. The van der Waals surface area contributed by atoms with Gasteiger partial charge in [-0.05, 0) is 152 Å². The largest absolute Gasteiger partial charge is 0.481 e. The number of likely N-dealkylation sites (tertiary alicyclic amines) is 2. The van der Waals surface area contributed by atoms with Crippen LogP contribution in [0.5, 0.6) is 0 Å². The van der Waals surface area contributed by atoms with Crippen LogP contribution in [0, 0.1) is 39.9 Å². The van der Waals surface area contributed by atoms with Crippen LogP contribution in [0.3, 0.4) is 0 Å². The Kier molecular flexibility index (Phi) is 9.05. The number of rotatable bonds is 2. The molecular formula is C34H60N2O4. The molecule has 2 heterocycles. The van der Waals surface area contributed by atoms with Crippen molar-refractivity contribution in [2.75, 3.05) is 26.2 Å². The van der Waals surface area contributed by atoms with Gasteiger partial charge in [-0.15, -0.1) is 0 Å². The van der Waals surface area contributed by atoms with E-state index in [0.717, 1.165) is 18.3 Å². The van der Waals surface area contributed by atoms with Crippen molar-refractivity contribution in [2.45, 2.75) is 142 Å². The standard InChI is InChI=1S/C29H50N2O2.C5H10O2/c1-28-12-11-22-21(23(28)18-24(27(28)33)30-13-5-3-6-14-30)10-9-20-17-26(32)25(19-29(20,22)2)31-15-7-4-8-16-31;1-5(2,3)4(6)7/h20-27,32-33H,3-19H2,1-2H3;1-3H3,(H,6,7)/t20-,21+,22-,23-,24-,25-,26-,27-,28-,29-;/m0./s1. The monoisotopic (exact) mass is 560 g/mol. The lowest BCUT2D eigenvalue weighted by molar-refractivity contribution is -0.154. The summed E-state index contributed by atoms with van der Waals surface area (Å²) in [7, 11) is 0. The lowest BCUT2D eigenvalue weighted by atomic mass is 9.44. The summed E-state index contributed by atoms with van der Waals surface area (Å²) < 4.78 is 0. The molecule has 0 spiro atoms. The number of aliphatic carboxylic acids is 1. The van der Waals surface area contributed by atoms with Crippen molar-refractivity contribution < 1.29 is 20.1 Å². The molecule has 230 valence electrons. The molecule has 0 aromatic rings. The first-order valence-electron chi connectivity index (χ1n) is 16.9. The van der Waals surface area contributed by atoms with Crippen LogP contribution in [0.25, 0.3) is 0 Å². The van der Waals surface area contributed by atoms with Crippen LogP contribution in [0.1, 0.15) is 118 Å². The van der Waals surface area contributed by atoms with Crippen molar-refractivity contribution in [3.05, 3.63) is 0 Å². The zero-order valence-electron chi connectivity index (χ0n) is 26.3. The van der Waals surface area contributed by atoms with Crippen molar-refractivity contribution in [1.29, 1.82) is 0 Å². The molecule has 0 aromatic heterocycles. The molecule has 4 aliphatic carbocycles. The lowest BCUT2D eigenvalue weighted by Gasteiger charge is -2.62. The Balaban J connectivity index is 0.000000411. The van der Waals surface area contributed by atoms with Gasteiger partial charge in [-0.2, -0.15) is 0 Å². The van der Waals surface area contributed by atoms with Gasteiger partial charge in [0.05, 0.1) is 17.6 Å². The molecule has 2 aliphatic heterocycles. The Morgan fingerprint density at radius 3 is 1.85 bits per heavy atom. The lowest BCUT2D eigenvalue weighted by Crippen LogP contribution is -2.60. The van der Waals surface area contributed by atoms with Crippen LogP contribution in [-0.2, 0) is 4.79 Å². The van der Waals surface area contributed by atoms with Gasteiger partial charge in [-0.25, -0.2) is 0 Å². The normalized spacial score (nSPS) is 46.4. The molecule has 6 heteroatoms. The second-order valence-corrected chi connectivity index (χ2v) is 16.3. The Labute approximate surface area is 244 Å². The summed E-state index contributed by atoms with van der Waals surface area (Å²) in [6.07, 6.45) is 16.4. The van der Waals surface area contributed by atoms with E-state index in [1.165, 1.54) is 103 Å². The van der Waals surface area contributed by atoms with Crippen molar-refractivity contribution in [3.63, 3.8) is 0 Å². The number of carbonyl (C=O) groups is 1. The Morgan fingerprint density at radius 1 is 0.750 bits per heavy atom. The molecule has 3 N–H and O–H groups in total. The number of nitrogens with zero attached hydrogens (tertiary/aromatic N) is 2.